The summed E-state index contributed by atoms with van der Waals surface area (Å²) in [4.78, 5) is 12.7. The predicted molar refractivity (Wildman–Crippen MR) is 116 cm³/mol. The molecule has 1 unspecified atom stereocenters. The van der Waals surface area contributed by atoms with Crippen LogP contribution in [0.5, 0.6) is 0 Å². The molecule has 3 rings (SSSR count). The molecule has 1 aliphatic carbocycles. The van der Waals surface area contributed by atoms with Crippen molar-refractivity contribution >= 4 is 22.0 Å². The lowest BCUT2D eigenvalue weighted by molar-refractivity contribution is -0.117. The third-order valence-electron chi connectivity index (χ3n) is 5.34. The number of aryl methyl sites for hydroxylation is 1. The van der Waals surface area contributed by atoms with Gasteiger partial charge in [-0.25, -0.2) is 8.42 Å². The predicted octanol–water partition coefficient (Wildman–Crippen LogP) is 3.92. The zero-order chi connectivity index (χ0) is 20.9. The van der Waals surface area contributed by atoms with Gasteiger partial charge in [-0.05, 0) is 54.2 Å². The molecule has 1 amide bonds. The van der Waals surface area contributed by atoms with Gasteiger partial charge in [-0.3, -0.25) is 4.79 Å². The molecule has 5 nitrogen and oxygen atoms in total. The van der Waals surface area contributed by atoms with Gasteiger partial charge >= 0.3 is 0 Å². The maximum absolute atomic E-state index is 12.5. The number of carbonyl (C=O) groups is 1. The molecule has 1 atom stereocenters. The van der Waals surface area contributed by atoms with Gasteiger partial charge in [0.1, 0.15) is 0 Å². The number of hydrogen-bond acceptors (Lipinski definition) is 3. The Labute approximate surface area is 173 Å². The molecule has 0 saturated heterocycles. The molecule has 0 fully saturated rings. The first-order valence-electron chi connectivity index (χ1n) is 10.1. The summed E-state index contributed by atoms with van der Waals surface area (Å²) in [6.07, 6.45) is 6.27. The number of benzene rings is 2. The highest BCUT2D eigenvalue weighted by molar-refractivity contribution is 7.89. The molecule has 0 radical (unpaired) electrons. The summed E-state index contributed by atoms with van der Waals surface area (Å²) in [5.41, 5.74) is 3.28. The van der Waals surface area contributed by atoms with Gasteiger partial charge in [0.25, 0.3) is 0 Å². The molecule has 29 heavy (non-hydrogen) atoms. The first-order chi connectivity index (χ1) is 14.0. The lowest BCUT2D eigenvalue weighted by Gasteiger charge is -2.25. The molecular formula is C23H28N2O3S. The molecule has 154 valence electrons. The number of nitrogens with zero attached hydrogens (tertiary/aromatic N) is 1. The topological polar surface area (TPSA) is 66.5 Å². The zero-order valence-electron chi connectivity index (χ0n) is 17.0. The van der Waals surface area contributed by atoms with Gasteiger partial charge in [0, 0.05) is 19.2 Å². The minimum absolute atomic E-state index is 0.0405. The number of sulfonamides is 1. The van der Waals surface area contributed by atoms with Gasteiger partial charge in [0.05, 0.1) is 10.9 Å². The van der Waals surface area contributed by atoms with Crippen molar-refractivity contribution in [2.24, 2.45) is 0 Å². The molecule has 6 heteroatoms. The molecule has 0 spiro atoms. The second-order valence-electron chi connectivity index (χ2n) is 7.14. The van der Waals surface area contributed by atoms with E-state index in [0.29, 0.717) is 13.1 Å². The molecule has 2 aromatic rings. The Hall–Kier alpha value is -2.44. The monoisotopic (exact) mass is 412 g/mol. The Bertz CT molecular complexity index is 977. The van der Waals surface area contributed by atoms with Crippen molar-refractivity contribution in [3.05, 3.63) is 71.3 Å². The van der Waals surface area contributed by atoms with Crippen molar-refractivity contribution in [2.45, 2.75) is 44.0 Å². The van der Waals surface area contributed by atoms with Crippen molar-refractivity contribution in [3.8, 4) is 0 Å². The Kier molecular flexibility index (Phi) is 6.87. The van der Waals surface area contributed by atoms with Crippen LogP contribution in [-0.2, 0) is 21.2 Å². The average Bonchev–Trinajstić information content (AvgIpc) is 2.73. The fraction of sp³-hybridized carbons (Fsp3) is 0.348. The van der Waals surface area contributed by atoms with Crippen LogP contribution in [0.25, 0.3) is 6.08 Å². The summed E-state index contributed by atoms with van der Waals surface area (Å²) in [6.45, 7) is 4.51. The van der Waals surface area contributed by atoms with E-state index in [1.54, 1.807) is 30.3 Å². The van der Waals surface area contributed by atoms with Gasteiger partial charge in [0.15, 0.2) is 0 Å². The normalized spacial score (nSPS) is 16.7. The Balaban J connectivity index is 1.66. The fourth-order valence-electron chi connectivity index (χ4n) is 3.76. The Morgan fingerprint density at radius 2 is 1.79 bits per heavy atom. The summed E-state index contributed by atoms with van der Waals surface area (Å²) in [6, 6.07) is 14.9. The molecule has 0 saturated carbocycles. The van der Waals surface area contributed by atoms with E-state index in [2.05, 4.69) is 17.4 Å². The van der Waals surface area contributed by atoms with Gasteiger partial charge in [0.2, 0.25) is 15.9 Å². The second-order valence-corrected chi connectivity index (χ2v) is 9.08. The van der Waals surface area contributed by atoms with Gasteiger partial charge in [-0.15, -0.1) is 0 Å². The second kappa shape index (κ2) is 9.37. The van der Waals surface area contributed by atoms with Crippen LogP contribution >= 0.6 is 0 Å². The van der Waals surface area contributed by atoms with Crippen LogP contribution in [0.1, 0.15) is 49.4 Å². The largest absolute Gasteiger partial charge is 0.346 e. The molecule has 2 aromatic carbocycles. The fourth-order valence-corrected chi connectivity index (χ4v) is 5.22. The van der Waals surface area contributed by atoms with Crippen LogP contribution < -0.4 is 5.32 Å². The number of nitrogens with one attached hydrogen (secondary N) is 1. The van der Waals surface area contributed by atoms with Crippen LogP contribution in [0.4, 0.5) is 0 Å². The molecule has 0 heterocycles. The minimum Gasteiger partial charge on any atom is -0.346 e. The average molecular weight is 413 g/mol. The third-order valence-corrected chi connectivity index (χ3v) is 7.40. The summed E-state index contributed by atoms with van der Waals surface area (Å²) < 4.78 is 26.5. The molecule has 0 aromatic heterocycles. The number of amides is 1. The number of fused-ring (bicyclic) bond motifs is 1. The van der Waals surface area contributed by atoms with Crippen LogP contribution in [0.15, 0.2) is 59.5 Å². The quantitative estimate of drug-likeness (QED) is 0.701. The zero-order valence-corrected chi connectivity index (χ0v) is 17.8. The van der Waals surface area contributed by atoms with Crippen molar-refractivity contribution in [2.75, 3.05) is 13.1 Å². The first kappa shape index (κ1) is 21.3. The number of rotatable bonds is 7. The van der Waals surface area contributed by atoms with E-state index in [-0.39, 0.29) is 16.8 Å². The van der Waals surface area contributed by atoms with Crippen molar-refractivity contribution in [1.82, 2.24) is 9.62 Å². The Morgan fingerprint density at radius 1 is 1.10 bits per heavy atom. The highest BCUT2D eigenvalue weighted by Crippen LogP contribution is 2.29. The molecule has 1 N–H and O–H groups in total. The lowest BCUT2D eigenvalue weighted by Crippen LogP contribution is -2.30. The van der Waals surface area contributed by atoms with Crippen molar-refractivity contribution in [3.63, 3.8) is 0 Å². The smallest absolute Gasteiger partial charge is 0.244 e. The maximum Gasteiger partial charge on any atom is 0.244 e. The van der Waals surface area contributed by atoms with E-state index in [4.69, 9.17) is 0 Å². The van der Waals surface area contributed by atoms with Crippen LogP contribution in [-0.4, -0.2) is 31.7 Å². The van der Waals surface area contributed by atoms with E-state index < -0.39 is 10.0 Å². The van der Waals surface area contributed by atoms with E-state index in [1.807, 2.05) is 26.0 Å². The number of hydrogen-bond donors (Lipinski definition) is 1. The van der Waals surface area contributed by atoms with Crippen molar-refractivity contribution < 1.29 is 13.2 Å². The van der Waals surface area contributed by atoms with Gasteiger partial charge in [-0.2, -0.15) is 4.31 Å². The number of carbonyl (C=O) groups excluding carboxylic acids is 1. The Morgan fingerprint density at radius 3 is 2.48 bits per heavy atom. The molecule has 1 aliphatic rings. The summed E-state index contributed by atoms with van der Waals surface area (Å²) in [7, 11) is -3.47. The van der Waals surface area contributed by atoms with E-state index in [1.165, 1.54) is 21.5 Å². The van der Waals surface area contributed by atoms with E-state index in [0.717, 1.165) is 24.8 Å². The van der Waals surface area contributed by atoms with Gasteiger partial charge < -0.3 is 5.32 Å². The van der Waals surface area contributed by atoms with E-state index >= 15 is 0 Å². The summed E-state index contributed by atoms with van der Waals surface area (Å²) in [5, 5.41) is 3.08. The first-order valence-corrected chi connectivity index (χ1v) is 11.6. The van der Waals surface area contributed by atoms with Crippen LogP contribution in [0, 0.1) is 0 Å². The third kappa shape index (κ3) is 4.95. The summed E-state index contributed by atoms with van der Waals surface area (Å²) in [5.74, 6) is -0.147. The highest BCUT2D eigenvalue weighted by atomic mass is 32.2. The molecular weight excluding hydrogens is 384 g/mol. The standard InChI is InChI=1S/C23H28N2O3S/c1-3-25(4-2)29(27,28)20-15-12-18(13-16-20)14-17-23(26)24-22-11-7-9-19-8-5-6-10-21(19)22/h5-6,8,10,12-17,22H,3-4,7,9,11H2,1-2H3,(H,24,26)/b17-14+. The van der Waals surface area contributed by atoms with Crippen molar-refractivity contribution in [1.29, 1.82) is 0 Å². The lowest BCUT2D eigenvalue weighted by atomic mass is 9.88. The van der Waals surface area contributed by atoms with E-state index in [9.17, 15) is 13.2 Å². The highest BCUT2D eigenvalue weighted by Gasteiger charge is 2.22. The van der Waals surface area contributed by atoms with Crippen LogP contribution in [0.3, 0.4) is 0 Å². The maximum atomic E-state index is 12.5. The SMILES string of the molecule is CCN(CC)S(=O)(=O)c1ccc(/C=C/C(=O)NC2CCCc3ccccc32)cc1. The minimum atomic E-state index is -3.47. The summed E-state index contributed by atoms with van der Waals surface area (Å²) >= 11 is 0. The molecule has 0 aliphatic heterocycles. The van der Waals surface area contributed by atoms with Crippen LogP contribution in [0.2, 0.25) is 0 Å². The molecule has 0 bridgehead atoms. The van der Waals surface area contributed by atoms with Gasteiger partial charge in [-0.1, -0.05) is 50.2 Å².